The topological polar surface area (TPSA) is 62.6 Å². The fraction of sp³-hybridized carbons (Fsp3) is 0.630. The van der Waals surface area contributed by atoms with Gasteiger partial charge in [-0.25, -0.2) is 9.78 Å². The summed E-state index contributed by atoms with van der Waals surface area (Å²) in [5, 5.41) is -0.429. The number of alkyl halides is 1. The molecule has 35 heavy (non-hydrogen) atoms. The fourth-order valence-electron chi connectivity index (χ4n) is 6.13. The molecule has 8 heteroatoms. The molecule has 1 unspecified atom stereocenters. The van der Waals surface area contributed by atoms with Crippen molar-refractivity contribution in [1.29, 1.82) is 0 Å². The Morgan fingerprint density at radius 2 is 2.00 bits per heavy atom. The summed E-state index contributed by atoms with van der Waals surface area (Å²) in [5.41, 5.74) is 0.801. The zero-order valence-electron chi connectivity index (χ0n) is 21.6. The minimum Gasteiger partial charge on any atom is -0.455 e. The summed E-state index contributed by atoms with van der Waals surface area (Å²) in [6, 6.07) is 10.1. The summed E-state index contributed by atoms with van der Waals surface area (Å²) in [6.45, 7) is 13.0. The van der Waals surface area contributed by atoms with E-state index in [1.807, 2.05) is 43.5 Å². The van der Waals surface area contributed by atoms with Crippen molar-refractivity contribution in [3.63, 3.8) is 0 Å². The summed E-state index contributed by atoms with van der Waals surface area (Å²) in [7, 11) is -0.506. The Labute approximate surface area is 213 Å². The summed E-state index contributed by atoms with van der Waals surface area (Å²) in [6.07, 6.45) is 4.45. The van der Waals surface area contributed by atoms with Crippen LogP contribution in [0.4, 0.5) is 0 Å². The van der Waals surface area contributed by atoms with E-state index in [0.29, 0.717) is 36.0 Å². The van der Waals surface area contributed by atoms with E-state index in [1.165, 1.54) is 6.42 Å². The van der Waals surface area contributed by atoms with E-state index in [-0.39, 0.29) is 17.4 Å². The molecule has 2 heterocycles. The molecule has 0 N–H and O–H groups in total. The molecule has 5 atom stereocenters. The lowest BCUT2D eigenvalue weighted by molar-refractivity contribution is -0.185. The standard InChI is InChI=1S/C27H36BClN2O4/c1-25(2,3)33-24(32)20-16-31(15-17-10-8-7-9-11-17)22(30-20)13-21(29)28-34-23-19-12-18(26(19,4)5)14-27(23,6)35-28/h7-11,16,18-19,21,23H,12-15H2,1-6H3/t18-,19+,21-,23?,27+/m1/s1. The van der Waals surface area contributed by atoms with E-state index in [9.17, 15) is 4.79 Å². The molecule has 188 valence electrons. The first-order valence-corrected chi connectivity index (χ1v) is 13.1. The van der Waals surface area contributed by atoms with Crippen molar-refractivity contribution in [3.8, 4) is 0 Å². The van der Waals surface area contributed by atoms with Crippen LogP contribution in [0.1, 0.15) is 76.3 Å². The van der Waals surface area contributed by atoms with Gasteiger partial charge in [-0.1, -0.05) is 44.2 Å². The predicted octanol–water partition coefficient (Wildman–Crippen LogP) is 5.30. The number of benzene rings is 1. The third kappa shape index (κ3) is 4.67. The minimum atomic E-state index is -0.596. The normalized spacial score (nSPS) is 29.9. The minimum absolute atomic E-state index is 0.0649. The van der Waals surface area contributed by atoms with Crippen LogP contribution in [0.15, 0.2) is 36.5 Å². The number of esters is 1. The van der Waals surface area contributed by atoms with E-state index in [1.54, 1.807) is 6.20 Å². The van der Waals surface area contributed by atoms with Gasteiger partial charge in [0.2, 0.25) is 0 Å². The SMILES string of the molecule is CC(C)(C)OC(=O)c1cn(Cc2ccccc2)c(C[C@@H](Cl)B2OC3[C@@H]4C[C@H](C[C@]3(C)O2)C4(C)C)n1. The number of carbonyl (C=O) groups is 1. The predicted molar refractivity (Wildman–Crippen MR) is 136 cm³/mol. The molecule has 6 nitrogen and oxygen atoms in total. The van der Waals surface area contributed by atoms with Crippen molar-refractivity contribution in [3.05, 3.63) is 53.6 Å². The van der Waals surface area contributed by atoms with Crippen LogP contribution in [0.2, 0.25) is 0 Å². The Morgan fingerprint density at radius 1 is 1.29 bits per heavy atom. The number of aromatic nitrogens is 2. The number of hydrogen-bond donors (Lipinski definition) is 0. The maximum absolute atomic E-state index is 12.8. The second kappa shape index (κ2) is 8.64. The number of ether oxygens (including phenoxy) is 1. The lowest BCUT2D eigenvalue weighted by atomic mass is 9.45. The molecule has 1 aliphatic heterocycles. The van der Waals surface area contributed by atoms with Crippen LogP contribution in [0.3, 0.4) is 0 Å². The van der Waals surface area contributed by atoms with E-state index in [0.717, 1.165) is 12.0 Å². The molecule has 3 saturated carbocycles. The first-order valence-electron chi connectivity index (χ1n) is 12.7. The first kappa shape index (κ1) is 24.9. The maximum Gasteiger partial charge on any atom is 0.477 e. The Morgan fingerprint density at radius 3 is 2.66 bits per heavy atom. The van der Waals surface area contributed by atoms with Gasteiger partial charge in [0, 0.05) is 19.2 Å². The molecular formula is C27H36BClN2O4. The van der Waals surface area contributed by atoms with E-state index < -0.39 is 24.0 Å². The van der Waals surface area contributed by atoms with Crippen molar-refractivity contribution >= 4 is 24.7 Å². The highest BCUT2D eigenvalue weighted by Crippen LogP contribution is 2.64. The molecule has 1 aromatic carbocycles. The van der Waals surface area contributed by atoms with Gasteiger partial charge in [-0.15, -0.1) is 11.6 Å². The second-order valence-corrected chi connectivity index (χ2v) is 12.9. The van der Waals surface area contributed by atoms with Gasteiger partial charge in [-0.2, -0.15) is 0 Å². The van der Waals surface area contributed by atoms with E-state index in [4.69, 9.17) is 25.6 Å². The number of halogens is 1. The number of rotatable bonds is 6. The third-order valence-corrected chi connectivity index (χ3v) is 8.53. The number of hydrogen-bond acceptors (Lipinski definition) is 5. The van der Waals surface area contributed by atoms with Crippen LogP contribution in [-0.2, 0) is 27.0 Å². The molecule has 6 rings (SSSR count). The summed E-state index contributed by atoms with van der Waals surface area (Å²) in [4.78, 5) is 17.4. The van der Waals surface area contributed by atoms with Crippen LogP contribution < -0.4 is 0 Å². The van der Waals surface area contributed by atoms with Crippen LogP contribution in [0, 0.1) is 17.3 Å². The van der Waals surface area contributed by atoms with E-state index in [2.05, 4.69) is 37.9 Å². The van der Waals surface area contributed by atoms with Gasteiger partial charge < -0.3 is 18.6 Å². The molecule has 0 amide bonds. The van der Waals surface area contributed by atoms with Crippen LogP contribution in [0.25, 0.3) is 0 Å². The Bertz CT molecular complexity index is 1100. The van der Waals surface area contributed by atoms with Gasteiger partial charge in [-0.3, -0.25) is 0 Å². The van der Waals surface area contributed by atoms with Gasteiger partial charge in [0.1, 0.15) is 11.4 Å². The van der Waals surface area contributed by atoms with Crippen molar-refractivity contribution in [2.75, 3.05) is 0 Å². The molecule has 2 bridgehead atoms. The Kier molecular flexibility index (Phi) is 6.13. The average Bonchev–Trinajstić information content (AvgIpc) is 3.33. The van der Waals surface area contributed by atoms with Gasteiger partial charge in [0.15, 0.2) is 5.69 Å². The lowest BCUT2D eigenvalue weighted by Gasteiger charge is -2.63. The highest BCUT2D eigenvalue weighted by atomic mass is 35.5. The molecule has 1 saturated heterocycles. The maximum atomic E-state index is 12.8. The third-order valence-electron chi connectivity index (χ3n) is 8.17. The molecule has 4 fully saturated rings. The zero-order chi connectivity index (χ0) is 25.2. The Hall–Kier alpha value is -1.83. The van der Waals surface area contributed by atoms with Crippen molar-refractivity contribution < 1.29 is 18.8 Å². The molecule has 0 spiro atoms. The molecule has 4 aliphatic rings. The van der Waals surface area contributed by atoms with Crippen LogP contribution in [-0.4, -0.2) is 45.2 Å². The molecule has 0 radical (unpaired) electrons. The smallest absolute Gasteiger partial charge is 0.455 e. The first-order chi connectivity index (χ1) is 16.4. The fourth-order valence-corrected chi connectivity index (χ4v) is 6.38. The summed E-state index contributed by atoms with van der Waals surface area (Å²) >= 11 is 6.93. The van der Waals surface area contributed by atoms with E-state index >= 15 is 0 Å². The van der Waals surface area contributed by atoms with Crippen molar-refractivity contribution in [1.82, 2.24) is 9.55 Å². The summed E-state index contributed by atoms with van der Waals surface area (Å²) in [5.74, 6) is 1.45. The van der Waals surface area contributed by atoms with Crippen LogP contribution in [0.5, 0.6) is 0 Å². The largest absolute Gasteiger partial charge is 0.477 e. The van der Waals surface area contributed by atoms with Gasteiger partial charge >= 0.3 is 13.1 Å². The van der Waals surface area contributed by atoms with Gasteiger partial charge in [-0.05, 0) is 63.4 Å². The quantitative estimate of drug-likeness (QED) is 0.307. The highest BCUT2D eigenvalue weighted by Gasteiger charge is 2.67. The summed E-state index contributed by atoms with van der Waals surface area (Å²) < 4.78 is 20.5. The van der Waals surface area contributed by atoms with Crippen molar-refractivity contribution in [2.45, 2.75) is 89.9 Å². The van der Waals surface area contributed by atoms with Crippen molar-refractivity contribution in [2.24, 2.45) is 17.3 Å². The second-order valence-electron chi connectivity index (χ2n) is 12.3. The zero-order valence-corrected chi connectivity index (χ0v) is 22.3. The molecule has 1 aromatic heterocycles. The lowest BCUT2D eigenvalue weighted by Crippen LogP contribution is -2.63. The highest BCUT2D eigenvalue weighted by molar-refractivity contribution is 6.59. The number of imidazole rings is 1. The molecule has 2 aromatic rings. The Balaban J connectivity index is 1.35. The number of carbonyl (C=O) groups excluding carboxylic acids is 1. The van der Waals surface area contributed by atoms with Gasteiger partial charge in [0.25, 0.3) is 0 Å². The average molecular weight is 499 g/mol. The molecular weight excluding hydrogens is 463 g/mol. The monoisotopic (exact) mass is 498 g/mol. The number of nitrogens with zero attached hydrogens (tertiary/aromatic N) is 2. The molecule has 3 aliphatic carbocycles. The van der Waals surface area contributed by atoms with Gasteiger partial charge in [0.05, 0.1) is 17.0 Å². The van der Waals surface area contributed by atoms with Crippen LogP contribution >= 0.6 is 11.6 Å².